The van der Waals surface area contributed by atoms with E-state index in [4.69, 9.17) is 0 Å². The van der Waals surface area contributed by atoms with Crippen LogP contribution in [0.4, 0.5) is 13.2 Å². The molecule has 112 valence electrons. The molecule has 1 N–H and O–H groups in total. The van der Waals surface area contributed by atoms with Gasteiger partial charge in [0, 0.05) is 6.04 Å². The van der Waals surface area contributed by atoms with E-state index in [0.717, 1.165) is 12.7 Å². The summed E-state index contributed by atoms with van der Waals surface area (Å²) in [5.74, 6) is -2.20. The minimum Gasteiger partial charge on any atom is -0.469 e. The van der Waals surface area contributed by atoms with Crippen molar-refractivity contribution in [1.29, 1.82) is 0 Å². The second-order valence-corrected chi connectivity index (χ2v) is 4.63. The molecule has 0 bridgehead atoms. The predicted octanol–water partition coefficient (Wildman–Crippen LogP) is 3.08. The first kappa shape index (κ1) is 16.5. The zero-order valence-electron chi connectivity index (χ0n) is 11.6. The van der Waals surface area contributed by atoms with Crippen LogP contribution in [0, 0.1) is 5.92 Å². The molecule has 3 nitrogen and oxygen atoms in total. The molecule has 0 aliphatic carbocycles. The fraction of sp³-hybridized carbons (Fsp3) is 0.500. The van der Waals surface area contributed by atoms with Gasteiger partial charge in [-0.3, -0.25) is 10.1 Å². The lowest BCUT2D eigenvalue weighted by atomic mass is 9.99. The summed E-state index contributed by atoms with van der Waals surface area (Å²) in [6.07, 6.45) is -4.53. The van der Waals surface area contributed by atoms with Gasteiger partial charge in [-0.15, -0.1) is 0 Å². The molecule has 0 radical (unpaired) electrons. The quantitative estimate of drug-likeness (QED) is 0.847. The highest BCUT2D eigenvalue weighted by Gasteiger charge is 2.46. The van der Waals surface area contributed by atoms with Crippen molar-refractivity contribution in [2.24, 2.45) is 5.92 Å². The van der Waals surface area contributed by atoms with Gasteiger partial charge in [-0.05, 0) is 12.5 Å². The van der Waals surface area contributed by atoms with Crippen LogP contribution in [0.3, 0.4) is 0 Å². The van der Waals surface area contributed by atoms with Gasteiger partial charge in [-0.2, -0.15) is 13.2 Å². The van der Waals surface area contributed by atoms with Crippen LogP contribution < -0.4 is 5.32 Å². The van der Waals surface area contributed by atoms with Crippen LogP contribution in [0.5, 0.6) is 0 Å². The van der Waals surface area contributed by atoms with Crippen molar-refractivity contribution in [1.82, 2.24) is 5.32 Å². The van der Waals surface area contributed by atoms with Gasteiger partial charge >= 0.3 is 12.1 Å². The molecule has 0 aliphatic heterocycles. The number of halogens is 3. The Kier molecular flexibility index (Phi) is 5.56. The van der Waals surface area contributed by atoms with E-state index in [1.54, 1.807) is 37.3 Å². The summed E-state index contributed by atoms with van der Waals surface area (Å²) in [4.78, 5) is 11.4. The summed E-state index contributed by atoms with van der Waals surface area (Å²) in [5.41, 5.74) is 0.721. The molecule has 1 aromatic rings. The molecule has 3 atom stereocenters. The van der Waals surface area contributed by atoms with Gasteiger partial charge in [0.25, 0.3) is 0 Å². The van der Waals surface area contributed by atoms with Crippen LogP contribution in [0.1, 0.15) is 25.5 Å². The SMILES string of the molecule is COC(=O)C(C)C(N[C@H](C)c1ccccc1)C(F)(F)F. The highest BCUT2D eigenvalue weighted by molar-refractivity contribution is 5.72. The molecule has 0 saturated heterocycles. The van der Waals surface area contributed by atoms with Crippen LogP contribution in [0.2, 0.25) is 0 Å². The van der Waals surface area contributed by atoms with Gasteiger partial charge in [-0.25, -0.2) is 0 Å². The lowest BCUT2D eigenvalue weighted by Gasteiger charge is -2.29. The van der Waals surface area contributed by atoms with Crippen LogP contribution in [0.15, 0.2) is 30.3 Å². The number of benzene rings is 1. The number of nitrogens with one attached hydrogen (secondary N) is 1. The van der Waals surface area contributed by atoms with Crippen LogP contribution in [-0.4, -0.2) is 25.3 Å². The predicted molar refractivity (Wildman–Crippen MR) is 69.0 cm³/mol. The zero-order chi connectivity index (χ0) is 15.3. The number of ether oxygens (including phenoxy) is 1. The Balaban J connectivity index is 2.88. The van der Waals surface area contributed by atoms with E-state index < -0.39 is 30.1 Å². The maximum Gasteiger partial charge on any atom is 0.404 e. The summed E-state index contributed by atoms with van der Waals surface area (Å²) < 4.78 is 43.6. The molecule has 0 amide bonds. The molecule has 0 spiro atoms. The zero-order valence-corrected chi connectivity index (χ0v) is 11.6. The minimum absolute atomic E-state index is 0.532. The summed E-state index contributed by atoms with van der Waals surface area (Å²) in [6.45, 7) is 2.83. The van der Waals surface area contributed by atoms with Gasteiger partial charge in [0.1, 0.15) is 6.04 Å². The topological polar surface area (TPSA) is 38.3 Å². The molecule has 0 aromatic heterocycles. The average Bonchev–Trinajstić information content (AvgIpc) is 2.42. The third kappa shape index (κ3) is 4.23. The number of carbonyl (C=O) groups is 1. The Morgan fingerprint density at radius 2 is 1.75 bits per heavy atom. The molecular weight excluding hydrogens is 271 g/mol. The molecule has 0 fully saturated rings. The molecule has 0 saturated carbocycles. The number of hydrogen-bond donors (Lipinski definition) is 1. The molecule has 0 aliphatic rings. The van der Waals surface area contributed by atoms with Gasteiger partial charge in [0.2, 0.25) is 0 Å². The van der Waals surface area contributed by atoms with Crippen molar-refractivity contribution >= 4 is 5.97 Å². The highest BCUT2D eigenvalue weighted by atomic mass is 19.4. The smallest absolute Gasteiger partial charge is 0.404 e. The van der Waals surface area contributed by atoms with Crippen molar-refractivity contribution in [3.05, 3.63) is 35.9 Å². The molecule has 20 heavy (non-hydrogen) atoms. The van der Waals surface area contributed by atoms with Crippen molar-refractivity contribution in [2.45, 2.75) is 32.1 Å². The number of rotatable bonds is 5. The Morgan fingerprint density at radius 1 is 1.20 bits per heavy atom. The van der Waals surface area contributed by atoms with Crippen molar-refractivity contribution in [2.75, 3.05) is 7.11 Å². The van der Waals surface area contributed by atoms with Gasteiger partial charge in [-0.1, -0.05) is 37.3 Å². The summed E-state index contributed by atoms with van der Waals surface area (Å²) >= 11 is 0. The van der Waals surface area contributed by atoms with Crippen LogP contribution in [0.25, 0.3) is 0 Å². The van der Waals surface area contributed by atoms with Crippen molar-refractivity contribution in [3.8, 4) is 0 Å². The number of hydrogen-bond acceptors (Lipinski definition) is 3. The summed E-state index contributed by atoms with van der Waals surface area (Å²) in [6, 6.07) is 6.26. The van der Waals surface area contributed by atoms with E-state index in [1.165, 1.54) is 6.92 Å². The first-order valence-corrected chi connectivity index (χ1v) is 6.23. The standard InChI is InChI=1S/C14H18F3NO2/c1-9(13(19)20-3)12(14(15,16)17)18-10(2)11-7-5-4-6-8-11/h4-10,12,18H,1-3H3/t9?,10-,12?/m1/s1. The first-order chi connectivity index (χ1) is 9.27. The molecule has 0 heterocycles. The molecule has 1 rings (SSSR count). The highest BCUT2D eigenvalue weighted by Crippen LogP contribution is 2.28. The Bertz CT molecular complexity index is 434. The number of esters is 1. The third-order valence-electron chi connectivity index (χ3n) is 3.15. The van der Waals surface area contributed by atoms with E-state index in [0.29, 0.717) is 0 Å². The number of alkyl halides is 3. The molecule has 6 heteroatoms. The number of carbonyl (C=O) groups excluding carboxylic acids is 1. The maximum atomic E-state index is 13.1. The Morgan fingerprint density at radius 3 is 2.20 bits per heavy atom. The van der Waals surface area contributed by atoms with E-state index >= 15 is 0 Å². The van der Waals surface area contributed by atoms with Gasteiger partial charge < -0.3 is 4.74 Å². The largest absolute Gasteiger partial charge is 0.469 e. The molecular formula is C14H18F3NO2. The summed E-state index contributed by atoms with van der Waals surface area (Å²) in [7, 11) is 1.08. The average molecular weight is 289 g/mol. The molecule has 1 aromatic carbocycles. The Hall–Kier alpha value is -1.56. The van der Waals surface area contributed by atoms with E-state index in [-0.39, 0.29) is 0 Å². The van der Waals surface area contributed by atoms with Gasteiger partial charge in [0.15, 0.2) is 0 Å². The number of methoxy groups -OCH3 is 1. The van der Waals surface area contributed by atoms with E-state index in [9.17, 15) is 18.0 Å². The van der Waals surface area contributed by atoms with Crippen molar-refractivity contribution < 1.29 is 22.7 Å². The first-order valence-electron chi connectivity index (χ1n) is 6.23. The van der Waals surface area contributed by atoms with Crippen molar-refractivity contribution in [3.63, 3.8) is 0 Å². The second-order valence-electron chi connectivity index (χ2n) is 4.63. The molecule has 2 unspecified atom stereocenters. The second kappa shape index (κ2) is 6.74. The Labute approximate surface area is 116 Å². The van der Waals surface area contributed by atoms with Crippen LogP contribution >= 0.6 is 0 Å². The minimum atomic E-state index is -4.53. The monoisotopic (exact) mass is 289 g/mol. The maximum absolute atomic E-state index is 13.1. The van der Waals surface area contributed by atoms with Gasteiger partial charge in [0.05, 0.1) is 13.0 Å². The fourth-order valence-electron chi connectivity index (χ4n) is 1.95. The third-order valence-corrected chi connectivity index (χ3v) is 3.15. The van der Waals surface area contributed by atoms with Crippen LogP contribution in [-0.2, 0) is 9.53 Å². The van der Waals surface area contributed by atoms with E-state index in [1.807, 2.05) is 0 Å². The summed E-state index contributed by atoms with van der Waals surface area (Å²) in [5, 5.41) is 2.46. The lowest BCUT2D eigenvalue weighted by molar-refractivity contribution is -0.180. The fourth-order valence-corrected chi connectivity index (χ4v) is 1.95. The normalized spacial score (nSPS) is 16.3. The lowest BCUT2D eigenvalue weighted by Crippen LogP contribution is -2.50. The van der Waals surface area contributed by atoms with E-state index in [2.05, 4.69) is 10.1 Å².